The smallest absolute Gasteiger partial charge is 0.0414 e. The van der Waals surface area contributed by atoms with Gasteiger partial charge in [-0.3, -0.25) is 0 Å². The molecule has 0 saturated heterocycles. The van der Waals surface area contributed by atoms with Gasteiger partial charge in [0.05, 0.1) is 0 Å². The van der Waals surface area contributed by atoms with E-state index in [1.807, 2.05) is 6.92 Å². The normalized spacial score (nSPS) is 14.6. The SMILES string of the molecule is CCCC(C)N(C)c1ccccc1[C@H](C)N. The van der Waals surface area contributed by atoms with E-state index in [0.29, 0.717) is 6.04 Å². The molecular weight excluding hydrogens is 196 g/mol. The molecule has 2 heteroatoms. The Labute approximate surface area is 99.5 Å². The number of nitrogens with two attached hydrogens (primary N) is 1. The molecule has 2 nitrogen and oxygen atoms in total. The van der Waals surface area contributed by atoms with Crippen molar-refractivity contribution in [3.05, 3.63) is 29.8 Å². The van der Waals surface area contributed by atoms with E-state index in [4.69, 9.17) is 5.73 Å². The third kappa shape index (κ3) is 2.99. The molecule has 0 aliphatic rings. The van der Waals surface area contributed by atoms with Gasteiger partial charge in [-0.15, -0.1) is 0 Å². The first-order chi connectivity index (χ1) is 7.57. The van der Waals surface area contributed by atoms with Crippen LogP contribution in [0.5, 0.6) is 0 Å². The molecule has 0 spiro atoms. The average molecular weight is 220 g/mol. The first-order valence-electron chi connectivity index (χ1n) is 6.15. The molecule has 1 aromatic carbocycles. The molecule has 0 amide bonds. The van der Waals surface area contributed by atoms with E-state index in [0.717, 1.165) is 0 Å². The number of hydrogen-bond acceptors (Lipinski definition) is 2. The van der Waals surface area contributed by atoms with Crippen LogP contribution in [0.25, 0.3) is 0 Å². The summed E-state index contributed by atoms with van der Waals surface area (Å²) < 4.78 is 0. The molecule has 1 rings (SSSR count). The zero-order valence-electron chi connectivity index (χ0n) is 10.9. The van der Waals surface area contributed by atoms with Crippen LogP contribution in [0.15, 0.2) is 24.3 Å². The minimum atomic E-state index is 0.0903. The van der Waals surface area contributed by atoms with Crippen LogP contribution in [0.3, 0.4) is 0 Å². The second-order valence-electron chi connectivity index (χ2n) is 4.60. The molecule has 0 aliphatic carbocycles. The number of anilines is 1. The fourth-order valence-corrected chi connectivity index (χ4v) is 2.04. The van der Waals surface area contributed by atoms with Crippen LogP contribution in [0, 0.1) is 0 Å². The van der Waals surface area contributed by atoms with Crippen molar-refractivity contribution in [3.63, 3.8) is 0 Å². The lowest BCUT2D eigenvalue weighted by Crippen LogP contribution is -2.30. The average Bonchev–Trinajstić information content (AvgIpc) is 2.28. The predicted octanol–water partition coefficient (Wildman–Crippen LogP) is 3.33. The Balaban J connectivity index is 2.93. The summed E-state index contributed by atoms with van der Waals surface area (Å²) in [5, 5.41) is 0. The van der Waals surface area contributed by atoms with Crippen molar-refractivity contribution in [2.24, 2.45) is 5.73 Å². The van der Waals surface area contributed by atoms with Gasteiger partial charge >= 0.3 is 0 Å². The summed E-state index contributed by atoms with van der Waals surface area (Å²) >= 11 is 0. The van der Waals surface area contributed by atoms with Gasteiger partial charge < -0.3 is 10.6 Å². The predicted molar refractivity (Wildman–Crippen MR) is 71.8 cm³/mol. The maximum absolute atomic E-state index is 6.00. The lowest BCUT2D eigenvalue weighted by molar-refractivity contribution is 0.612. The van der Waals surface area contributed by atoms with E-state index in [1.165, 1.54) is 24.1 Å². The molecule has 0 heterocycles. The van der Waals surface area contributed by atoms with Crippen LogP contribution in [0.1, 0.15) is 45.2 Å². The zero-order chi connectivity index (χ0) is 12.1. The number of rotatable bonds is 5. The van der Waals surface area contributed by atoms with E-state index in [-0.39, 0.29) is 6.04 Å². The van der Waals surface area contributed by atoms with Gasteiger partial charge in [-0.2, -0.15) is 0 Å². The summed E-state index contributed by atoms with van der Waals surface area (Å²) in [5.74, 6) is 0. The van der Waals surface area contributed by atoms with E-state index in [2.05, 4.69) is 50.1 Å². The first kappa shape index (κ1) is 13.0. The maximum atomic E-state index is 6.00. The van der Waals surface area contributed by atoms with Gasteiger partial charge in [-0.05, 0) is 31.9 Å². The molecule has 1 unspecified atom stereocenters. The van der Waals surface area contributed by atoms with Crippen molar-refractivity contribution in [1.82, 2.24) is 0 Å². The Hall–Kier alpha value is -1.02. The molecule has 90 valence electrons. The Kier molecular flexibility index (Phi) is 4.81. The summed E-state index contributed by atoms with van der Waals surface area (Å²) in [4.78, 5) is 2.34. The fourth-order valence-electron chi connectivity index (χ4n) is 2.04. The molecule has 0 saturated carbocycles. The number of nitrogens with zero attached hydrogens (tertiary/aromatic N) is 1. The monoisotopic (exact) mass is 220 g/mol. The van der Waals surface area contributed by atoms with Crippen LogP contribution in [-0.4, -0.2) is 13.1 Å². The molecule has 0 aliphatic heterocycles. The van der Waals surface area contributed by atoms with E-state index in [9.17, 15) is 0 Å². The van der Waals surface area contributed by atoms with Crippen LogP contribution in [-0.2, 0) is 0 Å². The van der Waals surface area contributed by atoms with Crippen molar-refractivity contribution in [1.29, 1.82) is 0 Å². The molecule has 2 N–H and O–H groups in total. The highest BCUT2D eigenvalue weighted by Gasteiger charge is 2.14. The van der Waals surface area contributed by atoms with Crippen LogP contribution in [0.4, 0.5) is 5.69 Å². The van der Waals surface area contributed by atoms with E-state index >= 15 is 0 Å². The van der Waals surface area contributed by atoms with Crippen molar-refractivity contribution in [2.75, 3.05) is 11.9 Å². The molecule has 0 fully saturated rings. The standard InChI is InChI=1S/C14H24N2/c1-5-8-11(2)16(4)14-10-7-6-9-13(14)12(3)15/h6-7,9-12H,5,8,15H2,1-4H3/t11?,12-/m0/s1. The molecule has 16 heavy (non-hydrogen) atoms. The van der Waals surface area contributed by atoms with Gasteiger partial charge in [0.25, 0.3) is 0 Å². The Bertz CT molecular complexity index is 320. The highest BCUT2D eigenvalue weighted by molar-refractivity contribution is 5.54. The third-order valence-electron chi connectivity index (χ3n) is 3.17. The van der Waals surface area contributed by atoms with Crippen LogP contribution < -0.4 is 10.6 Å². The fraction of sp³-hybridized carbons (Fsp3) is 0.571. The molecular formula is C14H24N2. The maximum Gasteiger partial charge on any atom is 0.0414 e. The first-order valence-corrected chi connectivity index (χ1v) is 6.15. The van der Waals surface area contributed by atoms with Gasteiger partial charge in [0.15, 0.2) is 0 Å². The molecule has 0 bridgehead atoms. The number of hydrogen-bond donors (Lipinski definition) is 1. The molecule has 0 aromatic heterocycles. The summed E-state index contributed by atoms with van der Waals surface area (Å²) in [5.41, 5.74) is 8.49. The highest BCUT2D eigenvalue weighted by atomic mass is 15.1. The lowest BCUT2D eigenvalue weighted by Gasteiger charge is -2.29. The largest absolute Gasteiger partial charge is 0.372 e. The molecule has 1 aromatic rings. The van der Waals surface area contributed by atoms with E-state index < -0.39 is 0 Å². The minimum Gasteiger partial charge on any atom is -0.372 e. The Morgan fingerprint density at radius 2 is 1.88 bits per heavy atom. The Morgan fingerprint density at radius 3 is 2.44 bits per heavy atom. The summed E-state index contributed by atoms with van der Waals surface area (Å²) in [7, 11) is 2.15. The van der Waals surface area contributed by atoms with Crippen LogP contribution >= 0.6 is 0 Å². The third-order valence-corrected chi connectivity index (χ3v) is 3.17. The minimum absolute atomic E-state index is 0.0903. The summed E-state index contributed by atoms with van der Waals surface area (Å²) in [6, 6.07) is 9.06. The van der Waals surface area contributed by atoms with Crippen molar-refractivity contribution < 1.29 is 0 Å². The molecule has 0 radical (unpaired) electrons. The van der Waals surface area contributed by atoms with Gasteiger partial charge in [0.1, 0.15) is 0 Å². The summed E-state index contributed by atoms with van der Waals surface area (Å²) in [6.45, 7) is 6.53. The number of para-hydroxylation sites is 1. The van der Waals surface area contributed by atoms with Gasteiger partial charge in [0.2, 0.25) is 0 Å². The van der Waals surface area contributed by atoms with Gasteiger partial charge in [0, 0.05) is 24.8 Å². The Morgan fingerprint density at radius 1 is 1.25 bits per heavy atom. The number of benzene rings is 1. The van der Waals surface area contributed by atoms with Gasteiger partial charge in [-0.25, -0.2) is 0 Å². The van der Waals surface area contributed by atoms with Crippen molar-refractivity contribution in [2.45, 2.75) is 45.7 Å². The second kappa shape index (κ2) is 5.90. The van der Waals surface area contributed by atoms with Crippen molar-refractivity contribution >= 4 is 5.69 Å². The van der Waals surface area contributed by atoms with E-state index in [1.54, 1.807) is 0 Å². The second-order valence-corrected chi connectivity index (χ2v) is 4.60. The van der Waals surface area contributed by atoms with Crippen molar-refractivity contribution in [3.8, 4) is 0 Å². The van der Waals surface area contributed by atoms with Gasteiger partial charge in [-0.1, -0.05) is 31.5 Å². The molecule has 2 atom stereocenters. The van der Waals surface area contributed by atoms with Crippen LogP contribution in [0.2, 0.25) is 0 Å². The lowest BCUT2D eigenvalue weighted by atomic mass is 10.0. The quantitative estimate of drug-likeness (QED) is 0.824. The summed E-state index contributed by atoms with van der Waals surface area (Å²) in [6.07, 6.45) is 2.43. The topological polar surface area (TPSA) is 29.3 Å². The zero-order valence-corrected chi connectivity index (χ0v) is 10.9. The highest BCUT2D eigenvalue weighted by Crippen LogP contribution is 2.26.